The zero-order chi connectivity index (χ0) is 19.0. The number of hydrogen-bond acceptors (Lipinski definition) is 3. The monoisotopic (exact) mass is 375 g/mol. The first-order chi connectivity index (χ1) is 13.8. The highest BCUT2D eigenvalue weighted by Gasteiger charge is 2.51. The molecule has 2 aromatic carbocycles. The summed E-state index contributed by atoms with van der Waals surface area (Å²) in [5, 5.41) is 4.01. The van der Waals surface area contributed by atoms with Crippen LogP contribution < -0.4 is 5.32 Å². The van der Waals surface area contributed by atoms with Crippen molar-refractivity contribution in [2.24, 2.45) is 0 Å². The standard InChI is InChI=1S/C25H33N3/c1-27-14-16-28(17-15-27)25-12-13-26-24(22(18-25)20-8-4-2-5-9-20)23(19-25)21-10-6-3-7-11-21/h2-11,22-24,26H,12-19H2,1H3/t22-,23-,24?,25?/m0/s1. The van der Waals surface area contributed by atoms with Crippen molar-refractivity contribution < 1.29 is 0 Å². The fourth-order valence-electron chi connectivity index (χ4n) is 6.14. The van der Waals surface area contributed by atoms with E-state index in [2.05, 4.69) is 82.8 Å². The molecule has 1 saturated carbocycles. The predicted octanol–water partition coefficient (Wildman–Crippen LogP) is 3.70. The second-order valence-electron chi connectivity index (χ2n) is 9.19. The van der Waals surface area contributed by atoms with Crippen LogP contribution >= 0.6 is 0 Å². The minimum Gasteiger partial charge on any atom is -0.313 e. The quantitative estimate of drug-likeness (QED) is 0.883. The molecule has 0 unspecified atom stereocenters. The normalized spacial score (nSPS) is 34.2. The third-order valence-corrected chi connectivity index (χ3v) is 7.67. The predicted molar refractivity (Wildman–Crippen MR) is 116 cm³/mol. The van der Waals surface area contributed by atoms with Crippen molar-refractivity contribution in [2.75, 3.05) is 39.8 Å². The highest BCUT2D eigenvalue weighted by Crippen LogP contribution is 2.51. The van der Waals surface area contributed by atoms with Gasteiger partial charge in [0.1, 0.15) is 0 Å². The third kappa shape index (κ3) is 3.30. The molecule has 3 aliphatic heterocycles. The van der Waals surface area contributed by atoms with Gasteiger partial charge in [-0.1, -0.05) is 60.7 Å². The van der Waals surface area contributed by atoms with Crippen molar-refractivity contribution >= 4 is 0 Å². The molecule has 1 aliphatic carbocycles. The summed E-state index contributed by atoms with van der Waals surface area (Å²) in [6, 6.07) is 23.1. The van der Waals surface area contributed by atoms with Gasteiger partial charge in [-0.3, -0.25) is 4.90 Å². The van der Waals surface area contributed by atoms with E-state index in [9.17, 15) is 0 Å². The molecule has 3 heteroatoms. The second-order valence-corrected chi connectivity index (χ2v) is 9.19. The number of benzene rings is 2. The molecule has 3 heterocycles. The molecule has 4 aliphatic rings. The maximum absolute atomic E-state index is 4.01. The number of rotatable bonds is 3. The van der Waals surface area contributed by atoms with Crippen LogP contribution in [0.4, 0.5) is 0 Å². The number of piperazine rings is 1. The highest BCUT2D eigenvalue weighted by molar-refractivity contribution is 5.32. The molecular formula is C25H33N3. The van der Waals surface area contributed by atoms with Crippen molar-refractivity contribution in [1.29, 1.82) is 0 Å². The Morgan fingerprint density at radius 3 is 1.86 bits per heavy atom. The topological polar surface area (TPSA) is 18.5 Å². The van der Waals surface area contributed by atoms with Crippen LogP contribution in [0.3, 0.4) is 0 Å². The summed E-state index contributed by atoms with van der Waals surface area (Å²) >= 11 is 0. The zero-order valence-corrected chi connectivity index (χ0v) is 17.1. The minimum atomic E-state index is 0.322. The van der Waals surface area contributed by atoms with Gasteiger partial charge in [0, 0.05) is 49.6 Å². The molecule has 2 atom stereocenters. The lowest BCUT2D eigenvalue weighted by Gasteiger charge is -2.53. The number of nitrogens with zero attached hydrogens (tertiary/aromatic N) is 2. The van der Waals surface area contributed by atoms with Crippen molar-refractivity contribution in [3.63, 3.8) is 0 Å². The molecule has 0 spiro atoms. The average Bonchev–Trinajstić information content (AvgIpc) is 3.07. The smallest absolute Gasteiger partial charge is 0.0235 e. The maximum atomic E-state index is 4.01. The fourth-order valence-corrected chi connectivity index (χ4v) is 6.14. The van der Waals surface area contributed by atoms with E-state index in [0.29, 0.717) is 23.4 Å². The van der Waals surface area contributed by atoms with Crippen LogP contribution in [0.15, 0.2) is 60.7 Å². The lowest BCUT2D eigenvalue weighted by atomic mass is 9.63. The summed E-state index contributed by atoms with van der Waals surface area (Å²) < 4.78 is 0. The highest BCUT2D eigenvalue weighted by atomic mass is 15.3. The Kier molecular flexibility index (Phi) is 5.00. The van der Waals surface area contributed by atoms with Crippen molar-refractivity contribution in [3.8, 4) is 0 Å². The van der Waals surface area contributed by atoms with Crippen molar-refractivity contribution in [2.45, 2.75) is 42.7 Å². The number of likely N-dealkylation sites (N-methyl/N-ethyl adjacent to an activating group) is 1. The van der Waals surface area contributed by atoms with Crippen LogP contribution in [0, 0.1) is 0 Å². The van der Waals surface area contributed by atoms with Gasteiger partial charge in [0.25, 0.3) is 0 Å². The van der Waals surface area contributed by atoms with E-state index >= 15 is 0 Å². The summed E-state index contributed by atoms with van der Waals surface area (Å²) in [5.74, 6) is 1.17. The van der Waals surface area contributed by atoms with E-state index in [1.807, 2.05) is 0 Å². The van der Waals surface area contributed by atoms with Gasteiger partial charge >= 0.3 is 0 Å². The molecular weight excluding hydrogens is 342 g/mol. The first-order valence-corrected chi connectivity index (χ1v) is 11.0. The largest absolute Gasteiger partial charge is 0.313 e. The molecule has 1 N–H and O–H groups in total. The molecule has 2 aromatic rings. The van der Waals surface area contributed by atoms with Gasteiger partial charge in [-0.2, -0.15) is 0 Å². The van der Waals surface area contributed by atoms with Gasteiger partial charge in [0.05, 0.1) is 0 Å². The molecule has 0 amide bonds. The van der Waals surface area contributed by atoms with Gasteiger partial charge < -0.3 is 10.2 Å². The Labute approximate surface area is 169 Å². The molecule has 0 aromatic heterocycles. The summed E-state index contributed by atoms with van der Waals surface area (Å²) in [6.07, 6.45) is 3.86. The van der Waals surface area contributed by atoms with Crippen LogP contribution in [0.25, 0.3) is 0 Å². The molecule has 6 rings (SSSR count). The lowest BCUT2D eigenvalue weighted by molar-refractivity contribution is 0.00299. The molecule has 3 saturated heterocycles. The van der Waals surface area contributed by atoms with Crippen LogP contribution in [0.1, 0.15) is 42.2 Å². The summed E-state index contributed by atoms with van der Waals surface area (Å²) in [5.41, 5.74) is 3.35. The summed E-state index contributed by atoms with van der Waals surface area (Å²) in [6.45, 7) is 5.97. The maximum Gasteiger partial charge on any atom is 0.0235 e. The SMILES string of the molecule is CN1CCN(C23CCNC([C@H](c4ccccc4)C2)[C@H](c2ccccc2)C3)CC1. The first-order valence-electron chi connectivity index (χ1n) is 11.0. The van der Waals surface area contributed by atoms with Crippen LogP contribution in [-0.2, 0) is 0 Å². The van der Waals surface area contributed by atoms with Gasteiger partial charge in [-0.15, -0.1) is 0 Å². The van der Waals surface area contributed by atoms with Gasteiger partial charge in [-0.05, 0) is 44.0 Å². The van der Waals surface area contributed by atoms with Gasteiger partial charge in [0.15, 0.2) is 0 Å². The molecule has 28 heavy (non-hydrogen) atoms. The van der Waals surface area contributed by atoms with E-state index < -0.39 is 0 Å². The van der Waals surface area contributed by atoms with Crippen molar-refractivity contribution in [1.82, 2.24) is 15.1 Å². The third-order valence-electron chi connectivity index (χ3n) is 7.67. The Morgan fingerprint density at radius 2 is 1.32 bits per heavy atom. The van der Waals surface area contributed by atoms with E-state index in [1.54, 1.807) is 0 Å². The Bertz CT molecular complexity index is 717. The summed E-state index contributed by atoms with van der Waals surface area (Å²) in [4.78, 5) is 5.35. The number of fused-ring (bicyclic) bond motifs is 4. The first kappa shape index (κ1) is 18.4. The van der Waals surface area contributed by atoms with Crippen LogP contribution in [0.2, 0.25) is 0 Å². The van der Waals surface area contributed by atoms with E-state index in [-0.39, 0.29) is 0 Å². The van der Waals surface area contributed by atoms with Crippen molar-refractivity contribution in [3.05, 3.63) is 71.8 Å². The van der Waals surface area contributed by atoms with Gasteiger partial charge in [-0.25, -0.2) is 0 Å². The Morgan fingerprint density at radius 1 is 0.786 bits per heavy atom. The number of hydrogen-bond donors (Lipinski definition) is 1. The Balaban J connectivity index is 1.55. The summed E-state index contributed by atoms with van der Waals surface area (Å²) in [7, 11) is 2.26. The fraction of sp³-hybridized carbons (Fsp3) is 0.520. The average molecular weight is 376 g/mol. The molecule has 4 fully saturated rings. The molecule has 2 bridgehead atoms. The van der Waals surface area contributed by atoms with E-state index in [4.69, 9.17) is 0 Å². The second kappa shape index (κ2) is 7.62. The Hall–Kier alpha value is -1.68. The zero-order valence-electron chi connectivity index (χ0n) is 17.1. The molecule has 3 nitrogen and oxygen atoms in total. The number of nitrogens with one attached hydrogen (secondary N) is 1. The van der Waals surface area contributed by atoms with E-state index in [1.165, 1.54) is 56.6 Å². The van der Waals surface area contributed by atoms with Gasteiger partial charge in [0.2, 0.25) is 0 Å². The minimum absolute atomic E-state index is 0.322. The van der Waals surface area contributed by atoms with E-state index in [0.717, 1.165) is 6.54 Å². The molecule has 148 valence electrons. The van der Waals surface area contributed by atoms with Crippen LogP contribution in [-0.4, -0.2) is 61.2 Å². The lowest BCUT2D eigenvalue weighted by Crippen LogP contribution is -2.59. The molecule has 0 radical (unpaired) electrons. The van der Waals surface area contributed by atoms with Crippen LogP contribution in [0.5, 0.6) is 0 Å².